The van der Waals surface area contributed by atoms with Crippen molar-refractivity contribution in [3.05, 3.63) is 88.5 Å². The molecule has 1 fully saturated rings. The number of aromatic nitrogens is 3. The molecule has 3 heterocycles. The number of hydrogen-bond acceptors (Lipinski definition) is 6. The first-order valence-corrected chi connectivity index (χ1v) is 11.8. The first kappa shape index (κ1) is 23.5. The Morgan fingerprint density at radius 3 is 2.31 bits per heavy atom. The van der Waals surface area contributed by atoms with Crippen LogP contribution in [-0.2, 0) is 7.05 Å². The van der Waals surface area contributed by atoms with Gasteiger partial charge in [-0.3, -0.25) is 19.3 Å². The second-order valence-electron chi connectivity index (χ2n) is 8.87. The molecule has 9 nitrogen and oxygen atoms in total. The number of carbonyl (C=O) groups is 2. The van der Waals surface area contributed by atoms with Crippen LogP contribution in [-0.4, -0.2) is 75.7 Å². The minimum Gasteiger partial charge on any atom is -0.497 e. The summed E-state index contributed by atoms with van der Waals surface area (Å²) in [5.41, 5.74) is 2.21. The lowest BCUT2D eigenvalue weighted by molar-refractivity contribution is 0.0624. The maximum atomic E-state index is 13.5. The summed E-state index contributed by atoms with van der Waals surface area (Å²) in [6.07, 6.45) is 3.41. The van der Waals surface area contributed by atoms with E-state index in [-0.39, 0.29) is 17.2 Å². The lowest BCUT2D eigenvalue weighted by Gasteiger charge is -2.34. The molecule has 0 aromatic heterocycles. The topological polar surface area (TPSA) is 89.7 Å². The van der Waals surface area contributed by atoms with Gasteiger partial charge in [0, 0.05) is 51.2 Å². The van der Waals surface area contributed by atoms with E-state index in [0.29, 0.717) is 66.5 Å². The number of amides is 1. The molecule has 0 N–H and O–H groups in total. The summed E-state index contributed by atoms with van der Waals surface area (Å²) < 4.78 is 8.21. The highest BCUT2D eigenvalue weighted by Crippen LogP contribution is 2.24. The molecular weight excluding hydrogens is 458 g/mol. The van der Waals surface area contributed by atoms with Gasteiger partial charge in [-0.05, 0) is 36.4 Å². The predicted octanol–water partition coefficient (Wildman–Crippen LogP) is 2.33. The fourth-order valence-corrected chi connectivity index (χ4v) is 4.49. The quantitative estimate of drug-likeness (QED) is 0.390. The second-order valence-corrected chi connectivity index (χ2v) is 8.87. The average molecular weight is 486 g/mol. The van der Waals surface area contributed by atoms with E-state index in [1.807, 2.05) is 18.2 Å². The van der Waals surface area contributed by atoms with Crippen molar-refractivity contribution in [2.24, 2.45) is 7.05 Å². The zero-order chi connectivity index (χ0) is 25.2. The molecule has 3 aliphatic rings. The molecule has 1 amide bonds. The Labute approximate surface area is 208 Å². The van der Waals surface area contributed by atoms with Gasteiger partial charge in [0.1, 0.15) is 11.4 Å². The van der Waals surface area contributed by atoms with Gasteiger partial charge in [-0.15, -0.1) is 0 Å². The Bertz CT molecular complexity index is 1420. The Hall–Kier alpha value is -4.24. The van der Waals surface area contributed by atoms with Gasteiger partial charge in [-0.1, -0.05) is 18.2 Å². The van der Waals surface area contributed by atoms with Crippen LogP contribution in [0.1, 0.15) is 20.7 Å². The fraction of sp³-hybridized carbons (Fsp3) is 0.259. The maximum Gasteiger partial charge on any atom is 0.282 e. The van der Waals surface area contributed by atoms with E-state index in [9.17, 15) is 14.4 Å². The minimum absolute atomic E-state index is 0.0312. The molecule has 1 saturated heterocycles. The Balaban J connectivity index is 1.30. The van der Waals surface area contributed by atoms with Crippen molar-refractivity contribution in [2.45, 2.75) is 0 Å². The van der Waals surface area contributed by atoms with Gasteiger partial charge in [0.2, 0.25) is 0 Å². The van der Waals surface area contributed by atoms with Crippen molar-refractivity contribution in [3.8, 4) is 22.7 Å². The lowest BCUT2D eigenvalue weighted by atomic mass is 10.1. The number of rotatable bonds is 6. The van der Waals surface area contributed by atoms with Crippen LogP contribution in [0.4, 0.5) is 0 Å². The molecule has 0 aliphatic carbocycles. The summed E-state index contributed by atoms with van der Waals surface area (Å²) in [6.45, 7) is 2.43. The molecule has 2 aromatic carbocycles. The normalized spacial score (nSPS) is 14.2. The van der Waals surface area contributed by atoms with Crippen LogP contribution in [0.25, 0.3) is 16.9 Å². The number of ketones is 1. The number of Topliss-reactive ketones (excluding diaryl/α,β-unsaturated/α-hetero) is 1. The van der Waals surface area contributed by atoms with Crippen LogP contribution >= 0.6 is 0 Å². The Morgan fingerprint density at radius 1 is 0.944 bits per heavy atom. The molecule has 0 radical (unpaired) electrons. The van der Waals surface area contributed by atoms with Gasteiger partial charge in [0.25, 0.3) is 11.5 Å². The third-order valence-corrected chi connectivity index (χ3v) is 6.47. The zero-order valence-corrected chi connectivity index (χ0v) is 20.3. The summed E-state index contributed by atoms with van der Waals surface area (Å²) in [6, 6.07) is 16.2. The number of fused-ring (bicyclic) bond motifs is 1. The smallest absolute Gasteiger partial charge is 0.282 e. The summed E-state index contributed by atoms with van der Waals surface area (Å²) >= 11 is 0. The highest BCUT2D eigenvalue weighted by atomic mass is 16.5. The van der Waals surface area contributed by atoms with Crippen molar-refractivity contribution < 1.29 is 14.3 Å². The first-order valence-electron chi connectivity index (χ1n) is 11.8. The number of aryl methyl sites for hydroxylation is 1. The monoisotopic (exact) mass is 485 g/mol. The van der Waals surface area contributed by atoms with Crippen LogP contribution in [0.5, 0.6) is 5.75 Å². The number of para-hydroxylation sites is 1. The summed E-state index contributed by atoms with van der Waals surface area (Å²) in [5.74, 6) is 0.568. The molecule has 9 heteroatoms. The number of benzene rings is 2. The number of piperazine rings is 1. The molecule has 0 spiro atoms. The fourth-order valence-electron chi connectivity index (χ4n) is 4.49. The van der Waals surface area contributed by atoms with Crippen LogP contribution < -0.4 is 10.3 Å². The molecule has 0 unspecified atom stereocenters. The van der Waals surface area contributed by atoms with Crippen LogP contribution in [0.3, 0.4) is 0 Å². The molecule has 0 bridgehead atoms. The predicted molar refractivity (Wildman–Crippen MR) is 135 cm³/mol. The van der Waals surface area contributed by atoms with Crippen molar-refractivity contribution in [2.75, 3.05) is 39.8 Å². The standard InChI is InChI=1S/C27H27N5O4/c1-29-16-22(25-23(17-29)27(35)32(28-25)20-6-4-3-5-7-20)26(34)31-14-12-30(13-15-31)18-24(33)19-8-10-21(36-2)11-9-19/h3-11,16-17H,12-15,18H2,1-2H3. The van der Waals surface area contributed by atoms with Crippen LogP contribution in [0.15, 0.2) is 71.8 Å². The molecule has 36 heavy (non-hydrogen) atoms. The van der Waals surface area contributed by atoms with E-state index >= 15 is 0 Å². The Kier molecular flexibility index (Phi) is 6.39. The number of methoxy groups -OCH3 is 1. The van der Waals surface area contributed by atoms with Gasteiger partial charge in [0.05, 0.1) is 30.5 Å². The molecular formula is C27H27N5O4. The van der Waals surface area contributed by atoms with E-state index in [1.54, 1.807) is 72.4 Å². The van der Waals surface area contributed by atoms with E-state index in [0.717, 1.165) is 0 Å². The van der Waals surface area contributed by atoms with Gasteiger partial charge in [-0.2, -0.15) is 9.78 Å². The van der Waals surface area contributed by atoms with Crippen molar-refractivity contribution in [3.63, 3.8) is 0 Å². The number of hydrogen-bond donors (Lipinski definition) is 0. The van der Waals surface area contributed by atoms with E-state index in [1.165, 1.54) is 4.68 Å². The Morgan fingerprint density at radius 2 is 1.64 bits per heavy atom. The third-order valence-electron chi connectivity index (χ3n) is 6.47. The first-order chi connectivity index (χ1) is 17.4. The number of ether oxygens (including phenoxy) is 1. The summed E-state index contributed by atoms with van der Waals surface area (Å²) in [4.78, 5) is 43.0. The van der Waals surface area contributed by atoms with Gasteiger partial charge in [-0.25, -0.2) is 0 Å². The second kappa shape index (κ2) is 9.79. The highest BCUT2D eigenvalue weighted by molar-refractivity contribution is 6.00. The molecule has 5 rings (SSSR count). The molecule has 184 valence electrons. The lowest BCUT2D eigenvalue weighted by Crippen LogP contribution is -2.50. The molecule has 0 saturated carbocycles. The largest absolute Gasteiger partial charge is 0.497 e. The SMILES string of the molecule is COc1ccc(C(=O)CN2CCN(C(=O)c3cn(C)cc4c(=O)n(-c5ccccc5)nc3-4)CC2)cc1. The van der Waals surface area contributed by atoms with E-state index < -0.39 is 0 Å². The third kappa shape index (κ3) is 4.52. The number of nitrogens with zero attached hydrogens (tertiary/aromatic N) is 5. The average Bonchev–Trinajstić information content (AvgIpc) is 3.24. The van der Waals surface area contributed by atoms with Gasteiger partial charge in [0.15, 0.2) is 5.78 Å². The van der Waals surface area contributed by atoms with Crippen LogP contribution in [0, 0.1) is 0 Å². The van der Waals surface area contributed by atoms with Crippen molar-refractivity contribution in [1.29, 1.82) is 0 Å². The van der Waals surface area contributed by atoms with Crippen molar-refractivity contribution in [1.82, 2.24) is 24.1 Å². The van der Waals surface area contributed by atoms with E-state index in [2.05, 4.69) is 10.00 Å². The van der Waals surface area contributed by atoms with E-state index in [4.69, 9.17) is 4.74 Å². The number of pyridine rings is 1. The summed E-state index contributed by atoms with van der Waals surface area (Å²) in [7, 11) is 3.38. The van der Waals surface area contributed by atoms with Crippen molar-refractivity contribution >= 4 is 11.7 Å². The van der Waals surface area contributed by atoms with Crippen LogP contribution in [0.2, 0.25) is 0 Å². The molecule has 3 aliphatic heterocycles. The minimum atomic E-state index is -0.261. The zero-order valence-electron chi connectivity index (χ0n) is 20.3. The highest BCUT2D eigenvalue weighted by Gasteiger charge is 2.29. The summed E-state index contributed by atoms with van der Waals surface area (Å²) in [5, 5.41) is 4.52. The molecule has 0 atom stereocenters. The van der Waals surface area contributed by atoms with Gasteiger partial charge < -0.3 is 14.2 Å². The van der Waals surface area contributed by atoms with Gasteiger partial charge >= 0.3 is 0 Å². The number of carbonyl (C=O) groups excluding carboxylic acids is 2. The maximum absolute atomic E-state index is 13.5. The molecule has 2 aromatic rings.